The molecule has 23 heavy (non-hydrogen) atoms. The first kappa shape index (κ1) is 13.4. The van der Waals surface area contributed by atoms with Crippen molar-refractivity contribution in [1.82, 2.24) is 0 Å². The minimum atomic E-state index is 0.286. The average Bonchev–Trinajstić information content (AvgIpc) is 2.97. The third-order valence-electron chi connectivity index (χ3n) is 6.23. The van der Waals surface area contributed by atoms with Crippen LogP contribution < -0.4 is 0 Å². The summed E-state index contributed by atoms with van der Waals surface area (Å²) in [7, 11) is 0. The second-order valence-corrected chi connectivity index (χ2v) is 7.24. The topological polar surface area (TPSA) is 0 Å². The molecule has 0 heterocycles. The van der Waals surface area contributed by atoms with Gasteiger partial charge in [0, 0.05) is 5.41 Å². The van der Waals surface area contributed by atoms with E-state index in [2.05, 4.69) is 67.6 Å². The van der Waals surface area contributed by atoms with Crippen molar-refractivity contribution in [3.63, 3.8) is 0 Å². The van der Waals surface area contributed by atoms with Crippen LogP contribution in [0.25, 0.3) is 11.1 Å². The second kappa shape index (κ2) is 4.71. The summed E-state index contributed by atoms with van der Waals surface area (Å²) in [6.45, 7) is 2.36. The molecule has 0 heteroatoms. The van der Waals surface area contributed by atoms with Crippen molar-refractivity contribution in [2.45, 2.75) is 32.6 Å². The van der Waals surface area contributed by atoms with Crippen LogP contribution in [-0.2, 0) is 12.8 Å². The largest absolute Gasteiger partial charge is 0.0754 e. The molecule has 0 spiro atoms. The van der Waals surface area contributed by atoms with E-state index < -0.39 is 0 Å². The molecule has 0 N–H and O–H groups in total. The number of rotatable bonds is 3. The van der Waals surface area contributed by atoms with Crippen molar-refractivity contribution in [3.8, 4) is 0 Å². The van der Waals surface area contributed by atoms with Crippen molar-refractivity contribution >= 4 is 11.1 Å². The minimum Gasteiger partial charge on any atom is -0.0754 e. The summed E-state index contributed by atoms with van der Waals surface area (Å²) in [5, 5.41) is 0. The molecule has 3 aliphatic rings. The van der Waals surface area contributed by atoms with Gasteiger partial charge >= 0.3 is 0 Å². The van der Waals surface area contributed by atoms with E-state index in [1.807, 2.05) is 0 Å². The van der Waals surface area contributed by atoms with Gasteiger partial charge in [-0.15, -0.1) is 0 Å². The summed E-state index contributed by atoms with van der Waals surface area (Å²) in [6, 6.07) is 18.0. The maximum Gasteiger partial charge on any atom is 0.0240 e. The van der Waals surface area contributed by atoms with Gasteiger partial charge in [0.1, 0.15) is 0 Å². The molecule has 5 rings (SSSR count). The van der Waals surface area contributed by atoms with Gasteiger partial charge in [0.2, 0.25) is 0 Å². The Morgan fingerprint density at radius 2 is 1.35 bits per heavy atom. The molecule has 0 saturated heterocycles. The van der Waals surface area contributed by atoms with E-state index in [-0.39, 0.29) is 5.41 Å². The molecule has 2 aromatic rings. The lowest BCUT2D eigenvalue weighted by Crippen LogP contribution is -2.09. The quantitative estimate of drug-likeness (QED) is 0.683. The highest BCUT2D eigenvalue weighted by Gasteiger charge is 2.59. The van der Waals surface area contributed by atoms with Gasteiger partial charge in [0.15, 0.2) is 0 Å². The molecule has 0 aliphatic heterocycles. The first-order valence-corrected chi connectivity index (χ1v) is 8.92. The van der Waals surface area contributed by atoms with Crippen LogP contribution in [0, 0.1) is 11.3 Å². The number of benzene rings is 2. The smallest absolute Gasteiger partial charge is 0.0240 e. The van der Waals surface area contributed by atoms with Crippen LogP contribution in [0.5, 0.6) is 0 Å². The van der Waals surface area contributed by atoms with Crippen LogP contribution in [0.4, 0.5) is 0 Å². The molecule has 1 atom stereocenters. The lowest BCUT2D eigenvalue weighted by Gasteiger charge is -2.24. The van der Waals surface area contributed by atoms with Crippen molar-refractivity contribution in [2.24, 2.45) is 11.3 Å². The summed E-state index contributed by atoms with van der Waals surface area (Å²) in [5.41, 5.74) is 9.55. The van der Waals surface area contributed by atoms with E-state index in [4.69, 9.17) is 0 Å². The van der Waals surface area contributed by atoms with E-state index in [0.29, 0.717) is 0 Å². The summed E-state index contributed by atoms with van der Waals surface area (Å²) >= 11 is 0. The van der Waals surface area contributed by atoms with Crippen LogP contribution >= 0.6 is 0 Å². The Kier molecular flexibility index (Phi) is 2.74. The SMILES string of the molecule is CCC1CC1(C1=CCc2ccccc21)C1=CCc2ccccc21. The first-order valence-electron chi connectivity index (χ1n) is 8.92. The van der Waals surface area contributed by atoms with E-state index in [1.165, 1.54) is 35.1 Å². The third-order valence-corrected chi connectivity index (χ3v) is 6.23. The van der Waals surface area contributed by atoms with Gasteiger partial charge in [-0.2, -0.15) is 0 Å². The van der Waals surface area contributed by atoms with Crippen molar-refractivity contribution < 1.29 is 0 Å². The standard InChI is InChI=1S/C23H22/c1-2-18-15-23(18,21-13-11-16-7-3-5-9-19(16)21)22-14-12-17-8-4-6-10-20(17)22/h3-10,13-14,18H,2,11-12,15H2,1H3. The summed E-state index contributed by atoms with van der Waals surface area (Å²) < 4.78 is 0. The van der Waals surface area contributed by atoms with Crippen molar-refractivity contribution in [1.29, 1.82) is 0 Å². The average molecular weight is 298 g/mol. The predicted octanol–water partition coefficient (Wildman–Crippen LogP) is 5.68. The molecule has 0 bridgehead atoms. The van der Waals surface area contributed by atoms with Gasteiger partial charge in [0.25, 0.3) is 0 Å². The summed E-state index contributed by atoms with van der Waals surface area (Å²) in [4.78, 5) is 0. The fourth-order valence-electron chi connectivity index (χ4n) is 5.04. The number of fused-ring (bicyclic) bond motifs is 2. The van der Waals surface area contributed by atoms with Crippen molar-refractivity contribution in [3.05, 3.63) is 82.9 Å². The Bertz CT molecular complexity index is 786. The molecular formula is C23H22. The van der Waals surface area contributed by atoms with E-state index in [1.54, 1.807) is 11.1 Å². The van der Waals surface area contributed by atoms with Crippen molar-refractivity contribution in [2.75, 3.05) is 0 Å². The Morgan fingerprint density at radius 1 is 0.826 bits per heavy atom. The Hall–Kier alpha value is -2.08. The predicted molar refractivity (Wildman–Crippen MR) is 97.1 cm³/mol. The van der Waals surface area contributed by atoms with E-state index in [9.17, 15) is 0 Å². The second-order valence-electron chi connectivity index (χ2n) is 7.24. The number of hydrogen-bond acceptors (Lipinski definition) is 0. The van der Waals surface area contributed by atoms with Crippen LogP contribution in [0.2, 0.25) is 0 Å². The Labute approximate surface area is 138 Å². The molecule has 0 aromatic heterocycles. The Morgan fingerprint density at radius 3 is 1.83 bits per heavy atom. The fourth-order valence-corrected chi connectivity index (χ4v) is 5.04. The molecule has 3 aliphatic carbocycles. The van der Waals surface area contributed by atoms with Gasteiger partial charge in [0.05, 0.1) is 0 Å². The molecule has 2 aromatic carbocycles. The molecule has 0 amide bonds. The zero-order valence-electron chi connectivity index (χ0n) is 13.7. The zero-order chi connectivity index (χ0) is 15.4. The maximum atomic E-state index is 2.52. The molecule has 1 unspecified atom stereocenters. The maximum absolute atomic E-state index is 2.52. The minimum absolute atomic E-state index is 0.286. The lowest BCUT2D eigenvalue weighted by atomic mass is 9.79. The molecule has 0 radical (unpaired) electrons. The van der Waals surface area contributed by atoms with Gasteiger partial charge in [-0.3, -0.25) is 0 Å². The zero-order valence-corrected chi connectivity index (χ0v) is 13.7. The Balaban J connectivity index is 1.65. The monoisotopic (exact) mass is 298 g/mol. The highest BCUT2D eigenvalue weighted by atomic mass is 14.6. The van der Waals surface area contributed by atoms with E-state index >= 15 is 0 Å². The van der Waals surface area contributed by atoms with Crippen LogP contribution in [0.1, 0.15) is 42.0 Å². The highest BCUT2D eigenvalue weighted by Crippen LogP contribution is 2.70. The summed E-state index contributed by atoms with van der Waals surface area (Å²) in [5.74, 6) is 0.803. The molecule has 0 nitrogen and oxygen atoms in total. The molecule has 1 fully saturated rings. The molecular weight excluding hydrogens is 276 g/mol. The van der Waals surface area contributed by atoms with Crippen LogP contribution in [-0.4, -0.2) is 0 Å². The lowest BCUT2D eigenvalue weighted by molar-refractivity contribution is 0.696. The van der Waals surface area contributed by atoms with Gasteiger partial charge < -0.3 is 0 Å². The molecule has 1 saturated carbocycles. The van der Waals surface area contributed by atoms with E-state index in [0.717, 1.165) is 18.8 Å². The number of allylic oxidation sites excluding steroid dienone is 4. The molecule has 114 valence electrons. The van der Waals surface area contributed by atoms with Gasteiger partial charge in [-0.05, 0) is 58.6 Å². The van der Waals surface area contributed by atoms with Gasteiger partial charge in [-0.25, -0.2) is 0 Å². The van der Waals surface area contributed by atoms with Crippen LogP contribution in [0.15, 0.2) is 60.7 Å². The van der Waals surface area contributed by atoms with Gasteiger partial charge in [-0.1, -0.05) is 74.0 Å². The fraction of sp³-hybridized carbons (Fsp3) is 0.304. The highest BCUT2D eigenvalue weighted by molar-refractivity contribution is 5.94. The summed E-state index contributed by atoms with van der Waals surface area (Å²) in [6.07, 6.45) is 9.85. The third kappa shape index (κ3) is 1.72. The number of hydrogen-bond donors (Lipinski definition) is 0. The normalized spacial score (nSPS) is 23.1. The first-order chi connectivity index (χ1) is 11.3. The van der Waals surface area contributed by atoms with Crippen LogP contribution in [0.3, 0.4) is 0 Å².